The zero-order chi connectivity index (χ0) is 19.5. The summed E-state index contributed by atoms with van der Waals surface area (Å²) in [6.07, 6.45) is 1.82. The number of thioether (sulfide) groups is 1. The van der Waals surface area contributed by atoms with Crippen LogP contribution in [0.4, 0.5) is 5.69 Å². The third-order valence-electron chi connectivity index (χ3n) is 4.13. The Kier molecular flexibility index (Phi) is 5.27. The van der Waals surface area contributed by atoms with Crippen molar-refractivity contribution in [3.8, 4) is 0 Å². The maximum absolute atomic E-state index is 12.2. The average molecular weight is 410 g/mol. The van der Waals surface area contributed by atoms with Crippen LogP contribution in [0.15, 0.2) is 66.3 Å². The molecular weight excluding hydrogens is 394 g/mol. The molecule has 0 radical (unpaired) electrons. The smallest absolute Gasteiger partial charge is 0.234 e. The number of para-hydroxylation sites is 1. The number of rotatable bonds is 6. The van der Waals surface area contributed by atoms with Crippen molar-refractivity contribution in [3.05, 3.63) is 66.2 Å². The van der Waals surface area contributed by atoms with E-state index in [1.807, 2.05) is 34.9 Å². The normalized spacial score (nSPS) is 11.0. The van der Waals surface area contributed by atoms with Gasteiger partial charge in [0.2, 0.25) is 11.1 Å². The number of nitrogens with zero attached hydrogens (tertiary/aromatic N) is 4. The molecular formula is C20H16ClN5OS. The topological polar surface area (TPSA) is 72.7 Å². The van der Waals surface area contributed by atoms with E-state index in [1.165, 1.54) is 11.8 Å². The summed E-state index contributed by atoms with van der Waals surface area (Å²) in [7, 11) is 0. The highest BCUT2D eigenvalue weighted by Gasteiger charge is 2.14. The second-order valence-electron chi connectivity index (χ2n) is 6.03. The average Bonchev–Trinajstić information content (AvgIpc) is 3.02. The summed E-state index contributed by atoms with van der Waals surface area (Å²) < 4.78 is 2.05. The van der Waals surface area contributed by atoms with Crippen molar-refractivity contribution < 1.29 is 4.79 Å². The molecule has 0 saturated carbocycles. The summed E-state index contributed by atoms with van der Waals surface area (Å²) in [5, 5.41) is 13.4. The Hall–Kier alpha value is -2.90. The zero-order valence-corrected chi connectivity index (χ0v) is 16.4. The van der Waals surface area contributed by atoms with Gasteiger partial charge in [0.1, 0.15) is 5.52 Å². The van der Waals surface area contributed by atoms with Gasteiger partial charge in [-0.3, -0.25) is 4.79 Å². The fourth-order valence-corrected chi connectivity index (χ4v) is 3.63. The number of carbonyl (C=O) groups is 1. The van der Waals surface area contributed by atoms with Crippen molar-refractivity contribution in [1.29, 1.82) is 0 Å². The van der Waals surface area contributed by atoms with Crippen LogP contribution in [0.1, 0.15) is 0 Å². The zero-order valence-electron chi connectivity index (χ0n) is 14.8. The predicted octanol–water partition coefficient (Wildman–Crippen LogP) is 4.55. The van der Waals surface area contributed by atoms with Gasteiger partial charge in [-0.2, -0.15) is 0 Å². The van der Waals surface area contributed by atoms with Crippen molar-refractivity contribution in [1.82, 2.24) is 19.7 Å². The minimum Gasteiger partial charge on any atom is -0.325 e. The van der Waals surface area contributed by atoms with Gasteiger partial charge in [0.15, 0.2) is 5.65 Å². The molecule has 1 amide bonds. The Labute approximate surface area is 170 Å². The summed E-state index contributed by atoms with van der Waals surface area (Å²) in [5.74, 6) is 0.0278. The first-order chi connectivity index (χ1) is 13.7. The van der Waals surface area contributed by atoms with Gasteiger partial charge in [-0.15, -0.1) is 16.8 Å². The maximum atomic E-state index is 12.2. The first-order valence-electron chi connectivity index (χ1n) is 8.56. The van der Waals surface area contributed by atoms with Crippen LogP contribution < -0.4 is 5.32 Å². The van der Waals surface area contributed by atoms with E-state index >= 15 is 0 Å². The number of fused-ring (bicyclic) bond motifs is 3. The fourth-order valence-electron chi connectivity index (χ4n) is 2.92. The van der Waals surface area contributed by atoms with Crippen molar-refractivity contribution in [2.75, 3.05) is 11.1 Å². The van der Waals surface area contributed by atoms with Gasteiger partial charge >= 0.3 is 0 Å². The van der Waals surface area contributed by atoms with E-state index in [9.17, 15) is 4.79 Å². The Morgan fingerprint density at radius 1 is 1.18 bits per heavy atom. The van der Waals surface area contributed by atoms with Crippen LogP contribution in [0.5, 0.6) is 0 Å². The van der Waals surface area contributed by atoms with E-state index in [2.05, 4.69) is 27.1 Å². The molecule has 0 saturated heterocycles. The number of halogens is 1. The van der Waals surface area contributed by atoms with Crippen LogP contribution >= 0.6 is 23.4 Å². The SMILES string of the molecule is C=CCn1c2ccccc2c2nnc(SCC(=O)Nc3ccc(Cl)cc3)nc21. The molecule has 140 valence electrons. The van der Waals surface area contributed by atoms with E-state index in [0.717, 1.165) is 22.1 Å². The fraction of sp³-hybridized carbons (Fsp3) is 0.100. The lowest BCUT2D eigenvalue weighted by atomic mass is 10.2. The lowest BCUT2D eigenvalue weighted by Gasteiger charge is -2.05. The molecule has 2 aromatic carbocycles. The van der Waals surface area contributed by atoms with Gasteiger partial charge in [0, 0.05) is 22.6 Å². The molecule has 0 atom stereocenters. The van der Waals surface area contributed by atoms with Crippen LogP contribution in [0.3, 0.4) is 0 Å². The molecule has 4 rings (SSSR count). The van der Waals surface area contributed by atoms with Crippen LogP contribution in [0, 0.1) is 0 Å². The molecule has 4 aromatic rings. The number of nitrogens with one attached hydrogen (secondary N) is 1. The number of aromatic nitrogens is 4. The minimum absolute atomic E-state index is 0.150. The van der Waals surface area contributed by atoms with Crippen molar-refractivity contribution in [2.45, 2.75) is 11.7 Å². The molecule has 0 bridgehead atoms. The Morgan fingerprint density at radius 3 is 2.75 bits per heavy atom. The van der Waals surface area contributed by atoms with E-state index in [0.29, 0.717) is 22.4 Å². The molecule has 0 aliphatic heterocycles. The first kappa shape index (κ1) is 18.5. The summed E-state index contributed by atoms with van der Waals surface area (Å²) in [4.78, 5) is 16.8. The Bertz CT molecular complexity index is 1170. The van der Waals surface area contributed by atoms with E-state index in [1.54, 1.807) is 24.3 Å². The van der Waals surface area contributed by atoms with Crippen LogP contribution in [0.25, 0.3) is 22.1 Å². The van der Waals surface area contributed by atoms with Gasteiger partial charge in [-0.25, -0.2) is 4.98 Å². The van der Waals surface area contributed by atoms with Gasteiger partial charge < -0.3 is 9.88 Å². The predicted molar refractivity (Wildman–Crippen MR) is 114 cm³/mol. The molecule has 28 heavy (non-hydrogen) atoms. The second-order valence-corrected chi connectivity index (χ2v) is 7.41. The quantitative estimate of drug-likeness (QED) is 0.373. The lowest BCUT2D eigenvalue weighted by molar-refractivity contribution is -0.113. The van der Waals surface area contributed by atoms with Gasteiger partial charge in [0.05, 0.1) is 11.3 Å². The number of hydrogen-bond acceptors (Lipinski definition) is 5. The van der Waals surface area contributed by atoms with E-state index in [-0.39, 0.29) is 11.7 Å². The highest BCUT2D eigenvalue weighted by molar-refractivity contribution is 7.99. The molecule has 8 heteroatoms. The summed E-state index contributed by atoms with van der Waals surface area (Å²) in [6.45, 7) is 4.44. The Balaban J connectivity index is 1.55. The standard InChI is InChI=1S/C20H16ClN5OS/c1-2-11-26-16-6-4-3-5-15(16)18-19(26)23-20(25-24-18)28-12-17(27)22-14-9-7-13(21)8-10-14/h2-10H,1,11-12H2,(H,22,27). The largest absolute Gasteiger partial charge is 0.325 e. The van der Waals surface area contributed by atoms with E-state index in [4.69, 9.17) is 11.6 Å². The van der Waals surface area contributed by atoms with Gasteiger partial charge in [0.25, 0.3) is 0 Å². The van der Waals surface area contributed by atoms with Crippen molar-refractivity contribution in [2.24, 2.45) is 0 Å². The third kappa shape index (κ3) is 3.72. The molecule has 0 fully saturated rings. The summed E-state index contributed by atoms with van der Waals surface area (Å²) in [5.41, 5.74) is 3.20. The summed E-state index contributed by atoms with van der Waals surface area (Å²) in [6, 6.07) is 14.9. The molecule has 0 unspecified atom stereocenters. The number of hydrogen-bond donors (Lipinski definition) is 1. The monoisotopic (exact) mass is 409 g/mol. The number of allylic oxidation sites excluding steroid dienone is 1. The molecule has 2 heterocycles. The molecule has 6 nitrogen and oxygen atoms in total. The van der Waals surface area contributed by atoms with Crippen LogP contribution in [-0.4, -0.2) is 31.4 Å². The molecule has 0 spiro atoms. The van der Waals surface area contributed by atoms with Crippen LogP contribution in [-0.2, 0) is 11.3 Å². The number of carbonyl (C=O) groups excluding carboxylic acids is 1. The molecule has 0 aliphatic rings. The van der Waals surface area contributed by atoms with Gasteiger partial charge in [-0.1, -0.05) is 47.6 Å². The third-order valence-corrected chi connectivity index (χ3v) is 5.22. The number of benzene rings is 2. The molecule has 2 aromatic heterocycles. The number of anilines is 1. The lowest BCUT2D eigenvalue weighted by Crippen LogP contribution is -2.14. The molecule has 1 N–H and O–H groups in total. The van der Waals surface area contributed by atoms with Crippen molar-refractivity contribution in [3.63, 3.8) is 0 Å². The second kappa shape index (κ2) is 8.00. The van der Waals surface area contributed by atoms with Crippen molar-refractivity contribution >= 4 is 57.0 Å². The molecule has 0 aliphatic carbocycles. The Morgan fingerprint density at radius 2 is 1.96 bits per heavy atom. The summed E-state index contributed by atoms with van der Waals surface area (Å²) >= 11 is 7.09. The van der Waals surface area contributed by atoms with Crippen LogP contribution in [0.2, 0.25) is 5.02 Å². The highest BCUT2D eigenvalue weighted by Crippen LogP contribution is 2.27. The number of amides is 1. The van der Waals surface area contributed by atoms with Gasteiger partial charge in [-0.05, 0) is 30.3 Å². The first-order valence-corrected chi connectivity index (χ1v) is 9.93. The highest BCUT2D eigenvalue weighted by atomic mass is 35.5. The van der Waals surface area contributed by atoms with E-state index < -0.39 is 0 Å². The minimum atomic E-state index is -0.150. The maximum Gasteiger partial charge on any atom is 0.234 e.